The van der Waals surface area contributed by atoms with E-state index in [0.717, 1.165) is 54.2 Å². The van der Waals surface area contributed by atoms with Gasteiger partial charge in [-0.2, -0.15) is 0 Å². The fourth-order valence-electron chi connectivity index (χ4n) is 3.33. The number of pyridine rings is 1. The molecule has 1 aliphatic heterocycles. The molecule has 0 unspecified atom stereocenters. The van der Waals surface area contributed by atoms with E-state index in [1.165, 1.54) is 5.69 Å². The third-order valence-corrected chi connectivity index (χ3v) is 5.16. The Balaban J connectivity index is 1.75. The summed E-state index contributed by atoms with van der Waals surface area (Å²) in [6, 6.07) is 8.05. The lowest BCUT2D eigenvalue weighted by Crippen LogP contribution is -2.43. The summed E-state index contributed by atoms with van der Waals surface area (Å²) in [4.78, 5) is 7.14. The molecule has 1 fully saturated rings. The Kier molecular flexibility index (Phi) is 4.37. The number of benzene rings is 1. The first-order valence-corrected chi connectivity index (χ1v) is 8.88. The molecule has 1 aliphatic rings. The number of nitrogens with one attached hydrogen (secondary N) is 1. The second-order valence-corrected chi connectivity index (χ2v) is 6.84. The minimum Gasteiger partial charge on any atom is -0.392 e. The van der Waals surface area contributed by atoms with Crippen molar-refractivity contribution in [3.8, 4) is 11.3 Å². The van der Waals surface area contributed by atoms with Gasteiger partial charge in [-0.1, -0.05) is 17.7 Å². The van der Waals surface area contributed by atoms with Crippen molar-refractivity contribution in [1.82, 2.24) is 14.7 Å². The Morgan fingerprint density at radius 1 is 1.24 bits per heavy atom. The van der Waals surface area contributed by atoms with Crippen molar-refractivity contribution < 1.29 is 5.11 Å². The molecule has 0 amide bonds. The molecule has 25 heavy (non-hydrogen) atoms. The zero-order chi connectivity index (χ0) is 17.4. The Hall–Kier alpha value is -2.08. The molecular weight excluding hydrogens is 336 g/mol. The van der Waals surface area contributed by atoms with Gasteiger partial charge in [0.2, 0.25) is 0 Å². The number of piperazine rings is 1. The van der Waals surface area contributed by atoms with Gasteiger partial charge in [0, 0.05) is 60.9 Å². The number of fused-ring (bicyclic) bond motifs is 1. The van der Waals surface area contributed by atoms with Crippen molar-refractivity contribution >= 4 is 22.9 Å². The molecule has 0 bridgehead atoms. The second kappa shape index (κ2) is 6.67. The molecule has 5 nitrogen and oxygen atoms in total. The summed E-state index contributed by atoms with van der Waals surface area (Å²) in [5.74, 6) is 0. The molecule has 3 aromatic rings. The van der Waals surface area contributed by atoms with E-state index in [9.17, 15) is 5.11 Å². The van der Waals surface area contributed by atoms with Crippen LogP contribution in [0, 0.1) is 6.92 Å². The maximum Gasteiger partial charge on any atom is 0.139 e. The van der Waals surface area contributed by atoms with Crippen LogP contribution in [-0.4, -0.2) is 40.7 Å². The highest BCUT2D eigenvalue weighted by atomic mass is 35.5. The molecule has 6 heteroatoms. The lowest BCUT2D eigenvalue weighted by atomic mass is 10.0. The van der Waals surface area contributed by atoms with Gasteiger partial charge in [-0.3, -0.25) is 0 Å². The van der Waals surface area contributed by atoms with Crippen molar-refractivity contribution in [1.29, 1.82) is 0 Å². The Labute approximate surface area is 151 Å². The van der Waals surface area contributed by atoms with Gasteiger partial charge in [0.1, 0.15) is 5.65 Å². The molecule has 130 valence electrons. The summed E-state index contributed by atoms with van der Waals surface area (Å²) in [6.45, 7) is 5.93. The number of nitrogens with zero attached hydrogens (tertiary/aromatic N) is 3. The number of aliphatic hydroxyl groups excluding tert-OH is 1. The van der Waals surface area contributed by atoms with E-state index in [1.54, 1.807) is 0 Å². The zero-order valence-electron chi connectivity index (χ0n) is 14.2. The van der Waals surface area contributed by atoms with Crippen LogP contribution >= 0.6 is 11.6 Å². The topological polar surface area (TPSA) is 52.8 Å². The number of aromatic nitrogens is 2. The van der Waals surface area contributed by atoms with Crippen LogP contribution in [0.5, 0.6) is 0 Å². The predicted octanol–water partition coefficient (Wildman–Crippen LogP) is 2.87. The lowest BCUT2D eigenvalue weighted by molar-refractivity contribution is 0.282. The Morgan fingerprint density at radius 3 is 2.80 bits per heavy atom. The highest BCUT2D eigenvalue weighted by Crippen LogP contribution is 2.30. The monoisotopic (exact) mass is 356 g/mol. The fraction of sp³-hybridized carbons (Fsp3) is 0.316. The average Bonchev–Trinajstić information content (AvgIpc) is 3.07. The Bertz CT molecular complexity index is 915. The van der Waals surface area contributed by atoms with Crippen molar-refractivity contribution in [2.24, 2.45) is 0 Å². The van der Waals surface area contributed by atoms with Gasteiger partial charge in [0.15, 0.2) is 0 Å². The molecule has 0 radical (unpaired) electrons. The summed E-state index contributed by atoms with van der Waals surface area (Å²) in [6.07, 6.45) is 4.02. The molecule has 1 aromatic carbocycles. The molecule has 1 saturated heterocycles. The zero-order valence-corrected chi connectivity index (χ0v) is 14.9. The highest BCUT2D eigenvalue weighted by Gasteiger charge is 2.14. The maximum atomic E-state index is 9.69. The van der Waals surface area contributed by atoms with Crippen molar-refractivity contribution in [2.45, 2.75) is 13.5 Å². The van der Waals surface area contributed by atoms with E-state index in [1.807, 2.05) is 35.9 Å². The normalized spacial score (nSPS) is 15.1. The highest BCUT2D eigenvalue weighted by molar-refractivity contribution is 6.31. The van der Waals surface area contributed by atoms with E-state index >= 15 is 0 Å². The average molecular weight is 357 g/mol. The molecule has 0 spiro atoms. The number of imidazole rings is 1. The molecule has 0 saturated carbocycles. The van der Waals surface area contributed by atoms with E-state index in [-0.39, 0.29) is 6.61 Å². The standard InChI is InChI=1S/C19H21ClN4O/c1-13-8-14(12-25)16(10-17(13)20)18-11-24-5-2-15(9-19(24)22-18)23-6-3-21-4-7-23/h2,5,8-11,21,25H,3-4,6-7,12H2,1H3. The number of halogens is 1. The van der Waals surface area contributed by atoms with Gasteiger partial charge < -0.3 is 19.7 Å². The molecule has 0 aliphatic carbocycles. The number of rotatable bonds is 3. The van der Waals surface area contributed by atoms with Crippen molar-refractivity contribution in [3.63, 3.8) is 0 Å². The van der Waals surface area contributed by atoms with E-state index in [0.29, 0.717) is 5.02 Å². The van der Waals surface area contributed by atoms with Crippen LogP contribution in [0.1, 0.15) is 11.1 Å². The smallest absolute Gasteiger partial charge is 0.139 e. The number of aryl methyl sites for hydroxylation is 1. The summed E-state index contributed by atoms with van der Waals surface area (Å²) >= 11 is 6.29. The van der Waals surface area contributed by atoms with Gasteiger partial charge in [-0.15, -0.1) is 0 Å². The molecule has 3 heterocycles. The van der Waals surface area contributed by atoms with Crippen LogP contribution in [0.4, 0.5) is 5.69 Å². The van der Waals surface area contributed by atoms with Crippen molar-refractivity contribution in [2.75, 3.05) is 31.1 Å². The first kappa shape index (κ1) is 16.4. The van der Waals surface area contributed by atoms with E-state index in [4.69, 9.17) is 16.6 Å². The van der Waals surface area contributed by atoms with Crippen molar-refractivity contribution in [3.05, 3.63) is 52.8 Å². The van der Waals surface area contributed by atoms with Crippen LogP contribution < -0.4 is 10.2 Å². The number of hydrogen-bond acceptors (Lipinski definition) is 4. The Morgan fingerprint density at radius 2 is 2.04 bits per heavy atom. The molecule has 2 N–H and O–H groups in total. The summed E-state index contributed by atoms with van der Waals surface area (Å²) in [5.41, 5.74) is 5.59. The third-order valence-electron chi connectivity index (χ3n) is 4.76. The second-order valence-electron chi connectivity index (χ2n) is 6.43. The van der Waals surface area contributed by atoms with Gasteiger partial charge in [-0.25, -0.2) is 4.98 Å². The quantitative estimate of drug-likeness (QED) is 0.757. The van der Waals surface area contributed by atoms with Gasteiger partial charge in [0.05, 0.1) is 12.3 Å². The molecule has 4 rings (SSSR count). The summed E-state index contributed by atoms with van der Waals surface area (Å²) < 4.78 is 2.01. The third kappa shape index (κ3) is 3.11. The maximum absolute atomic E-state index is 9.69. The summed E-state index contributed by atoms with van der Waals surface area (Å²) in [7, 11) is 0. The van der Waals surface area contributed by atoms with E-state index in [2.05, 4.69) is 22.3 Å². The number of anilines is 1. The minimum absolute atomic E-state index is 0.0345. The van der Waals surface area contributed by atoms with Crippen LogP contribution in [0.2, 0.25) is 5.02 Å². The lowest BCUT2D eigenvalue weighted by Gasteiger charge is -2.29. The predicted molar refractivity (Wildman–Crippen MR) is 101 cm³/mol. The van der Waals surface area contributed by atoms with Crippen LogP contribution in [-0.2, 0) is 6.61 Å². The first-order valence-electron chi connectivity index (χ1n) is 8.50. The summed E-state index contributed by atoms with van der Waals surface area (Å²) in [5, 5.41) is 13.8. The first-order chi connectivity index (χ1) is 12.2. The molecular formula is C19H21ClN4O. The molecule has 2 aromatic heterocycles. The van der Waals surface area contributed by atoms with Gasteiger partial charge in [0.25, 0.3) is 0 Å². The minimum atomic E-state index is -0.0345. The van der Waals surface area contributed by atoms with Gasteiger partial charge >= 0.3 is 0 Å². The number of hydrogen-bond donors (Lipinski definition) is 2. The SMILES string of the molecule is Cc1cc(CO)c(-c2cn3ccc(N4CCNCC4)cc3n2)cc1Cl. The van der Waals surface area contributed by atoms with Crippen LogP contribution in [0.15, 0.2) is 36.7 Å². The largest absolute Gasteiger partial charge is 0.392 e. The van der Waals surface area contributed by atoms with Crippen LogP contribution in [0.3, 0.4) is 0 Å². The molecule has 0 atom stereocenters. The van der Waals surface area contributed by atoms with Gasteiger partial charge in [-0.05, 0) is 30.2 Å². The number of aliphatic hydroxyl groups is 1. The fourth-order valence-corrected chi connectivity index (χ4v) is 3.49. The van der Waals surface area contributed by atoms with E-state index < -0.39 is 0 Å². The van der Waals surface area contributed by atoms with Crippen LogP contribution in [0.25, 0.3) is 16.9 Å².